The Bertz CT molecular complexity index is 658. The molecule has 0 bridgehead atoms. The Hall–Kier alpha value is -1.69. The molecule has 0 aliphatic carbocycles. The van der Waals surface area contributed by atoms with Gasteiger partial charge in [-0.1, -0.05) is 6.92 Å². The second-order valence-electron chi connectivity index (χ2n) is 4.65. The molecule has 5 nitrogen and oxygen atoms in total. The van der Waals surface area contributed by atoms with Crippen molar-refractivity contribution in [3.63, 3.8) is 0 Å². The molecule has 0 aromatic carbocycles. The van der Waals surface area contributed by atoms with Gasteiger partial charge in [-0.15, -0.1) is 0 Å². The van der Waals surface area contributed by atoms with Crippen LogP contribution in [0.3, 0.4) is 0 Å². The molecule has 19 heavy (non-hydrogen) atoms. The highest BCUT2D eigenvalue weighted by molar-refractivity contribution is 7.71. The molecule has 2 N–H and O–H groups in total. The lowest BCUT2D eigenvalue weighted by molar-refractivity contribution is -0.123. The van der Waals surface area contributed by atoms with Crippen LogP contribution in [0.2, 0.25) is 0 Å². The van der Waals surface area contributed by atoms with Crippen molar-refractivity contribution in [2.75, 3.05) is 6.54 Å². The lowest BCUT2D eigenvalue weighted by Gasteiger charge is -2.13. The molecule has 1 amide bonds. The van der Waals surface area contributed by atoms with E-state index in [4.69, 9.17) is 12.2 Å². The first-order chi connectivity index (χ1) is 9.04. The molecule has 0 saturated heterocycles. The zero-order chi connectivity index (χ0) is 14.0. The Morgan fingerprint density at radius 2 is 2.37 bits per heavy atom. The van der Waals surface area contributed by atoms with Crippen molar-refractivity contribution in [3.05, 3.63) is 22.6 Å². The minimum atomic E-state index is -0.372. The van der Waals surface area contributed by atoms with Gasteiger partial charge in [0.1, 0.15) is 6.04 Å². The van der Waals surface area contributed by atoms with E-state index in [2.05, 4.69) is 15.3 Å². The van der Waals surface area contributed by atoms with Crippen LogP contribution in [0.25, 0.3) is 11.2 Å². The van der Waals surface area contributed by atoms with Crippen molar-refractivity contribution in [3.8, 4) is 0 Å². The summed E-state index contributed by atoms with van der Waals surface area (Å²) in [5, 5.41) is 2.88. The summed E-state index contributed by atoms with van der Waals surface area (Å²) in [6.45, 7) is 6.49. The first kappa shape index (κ1) is 13.7. The summed E-state index contributed by atoms with van der Waals surface area (Å²) >= 11 is 5.29. The van der Waals surface area contributed by atoms with Crippen LogP contribution in [0.4, 0.5) is 0 Å². The average Bonchev–Trinajstić information content (AvgIpc) is 2.70. The fourth-order valence-corrected chi connectivity index (χ4v) is 2.34. The summed E-state index contributed by atoms with van der Waals surface area (Å²) in [5.41, 5.74) is 2.63. The molecule has 2 aromatic rings. The summed E-state index contributed by atoms with van der Waals surface area (Å²) < 4.78 is 2.28. The monoisotopic (exact) mass is 278 g/mol. The minimum Gasteiger partial charge on any atom is -0.354 e. The smallest absolute Gasteiger partial charge is 0.242 e. The van der Waals surface area contributed by atoms with Crippen molar-refractivity contribution >= 4 is 29.3 Å². The first-order valence-corrected chi connectivity index (χ1v) is 6.80. The molecule has 0 aliphatic rings. The molecule has 0 spiro atoms. The maximum absolute atomic E-state index is 12.0. The van der Waals surface area contributed by atoms with Crippen LogP contribution in [0.5, 0.6) is 0 Å². The van der Waals surface area contributed by atoms with Crippen LogP contribution in [0.15, 0.2) is 12.3 Å². The van der Waals surface area contributed by atoms with Crippen LogP contribution in [-0.4, -0.2) is 27.0 Å². The van der Waals surface area contributed by atoms with Crippen LogP contribution in [0, 0.1) is 11.7 Å². The number of aromatic nitrogens is 3. The molecule has 2 aromatic heterocycles. The fraction of sp³-hybridized carbons (Fsp3) is 0.462. The number of amides is 1. The van der Waals surface area contributed by atoms with E-state index in [9.17, 15) is 4.79 Å². The Morgan fingerprint density at radius 1 is 1.63 bits per heavy atom. The number of fused-ring (bicyclic) bond motifs is 1. The molecule has 6 heteroatoms. The van der Waals surface area contributed by atoms with E-state index in [1.165, 1.54) is 0 Å². The Labute approximate surface area is 117 Å². The maximum atomic E-state index is 12.0. The third-order valence-electron chi connectivity index (χ3n) is 3.01. The Balaban J connectivity index is 2.41. The fourth-order valence-electron chi connectivity index (χ4n) is 1.99. The van der Waals surface area contributed by atoms with Gasteiger partial charge >= 0.3 is 0 Å². The number of pyridine rings is 1. The zero-order valence-corrected chi connectivity index (χ0v) is 12.2. The summed E-state index contributed by atoms with van der Waals surface area (Å²) in [6.07, 6.45) is 2.69. The van der Waals surface area contributed by atoms with E-state index in [1.54, 1.807) is 10.8 Å². The molecule has 1 unspecified atom stereocenters. The largest absolute Gasteiger partial charge is 0.354 e. The van der Waals surface area contributed by atoms with Gasteiger partial charge in [0.15, 0.2) is 10.4 Å². The van der Waals surface area contributed by atoms with Gasteiger partial charge < -0.3 is 10.3 Å². The molecule has 1 atom stereocenters. The first-order valence-electron chi connectivity index (χ1n) is 6.39. The molecular formula is C13H18N4OS. The molecule has 0 fully saturated rings. The summed E-state index contributed by atoms with van der Waals surface area (Å²) in [4.78, 5) is 19.5. The van der Waals surface area contributed by atoms with Gasteiger partial charge in [-0.3, -0.25) is 9.36 Å². The molecule has 0 saturated carbocycles. The van der Waals surface area contributed by atoms with E-state index in [1.807, 2.05) is 26.8 Å². The zero-order valence-electron chi connectivity index (χ0n) is 11.4. The number of carbonyl (C=O) groups is 1. The van der Waals surface area contributed by atoms with Crippen LogP contribution in [-0.2, 0) is 4.79 Å². The number of nitrogens with one attached hydrogen (secondary N) is 2. The molecule has 2 heterocycles. The second kappa shape index (κ2) is 5.52. The number of carbonyl (C=O) groups excluding carboxylic acids is 1. The number of aryl methyl sites for hydroxylation is 1. The van der Waals surface area contributed by atoms with Crippen molar-refractivity contribution in [2.24, 2.45) is 0 Å². The number of hydrogen-bond acceptors (Lipinski definition) is 3. The maximum Gasteiger partial charge on any atom is 0.242 e. The third kappa shape index (κ3) is 2.68. The second-order valence-corrected chi connectivity index (χ2v) is 5.04. The van der Waals surface area contributed by atoms with E-state index < -0.39 is 0 Å². The van der Waals surface area contributed by atoms with Crippen molar-refractivity contribution in [1.29, 1.82) is 0 Å². The predicted octanol–water partition coefficient (Wildman–Crippen LogP) is 2.49. The van der Waals surface area contributed by atoms with Gasteiger partial charge in [-0.05, 0) is 44.1 Å². The van der Waals surface area contributed by atoms with E-state index in [0.717, 1.165) is 23.1 Å². The minimum absolute atomic E-state index is 0.0405. The number of rotatable bonds is 4. The highest BCUT2D eigenvalue weighted by Crippen LogP contribution is 2.18. The molecule has 0 aliphatic heterocycles. The third-order valence-corrected chi connectivity index (χ3v) is 3.31. The average molecular weight is 278 g/mol. The van der Waals surface area contributed by atoms with E-state index in [-0.39, 0.29) is 11.9 Å². The quantitative estimate of drug-likeness (QED) is 0.845. The van der Waals surface area contributed by atoms with Gasteiger partial charge in [-0.2, -0.15) is 0 Å². The van der Waals surface area contributed by atoms with Gasteiger partial charge in [0.05, 0.1) is 5.52 Å². The number of aromatic amines is 1. The summed E-state index contributed by atoms with van der Waals surface area (Å²) in [6, 6.07) is 1.61. The van der Waals surface area contributed by atoms with Gasteiger partial charge in [-0.25, -0.2) is 4.98 Å². The van der Waals surface area contributed by atoms with Crippen molar-refractivity contribution < 1.29 is 4.79 Å². The normalized spacial score (nSPS) is 12.6. The summed E-state index contributed by atoms with van der Waals surface area (Å²) in [7, 11) is 0. The van der Waals surface area contributed by atoms with E-state index in [0.29, 0.717) is 11.3 Å². The number of H-pyrrole nitrogens is 1. The van der Waals surface area contributed by atoms with Crippen LogP contribution >= 0.6 is 12.2 Å². The Morgan fingerprint density at radius 3 is 3.05 bits per heavy atom. The molecule has 102 valence electrons. The van der Waals surface area contributed by atoms with Crippen LogP contribution in [0.1, 0.15) is 31.9 Å². The SMILES string of the molecule is CCCNC(=O)C(C)n1c(=S)[nH]c2cc(C)cnc21. The molecule has 2 rings (SSSR count). The summed E-state index contributed by atoms with van der Waals surface area (Å²) in [5.74, 6) is -0.0405. The van der Waals surface area contributed by atoms with Gasteiger partial charge in [0, 0.05) is 12.7 Å². The lowest BCUT2D eigenvalue weighted by Crippen LogP contribution is -2.31. The number of nitrogens with zero attached hydrogens (tertiary/aromatic N) is 2. The lowest BCUT2D eigenvalue weighted by atomic mass is 10.3. The van der Waals surface area contributed by atoms with Gasteiger partial charge in [0.2, 0.25) is 5.91 Å². The molecule has 0 radical (unpaired) electrons. The van der Waals surface area contributed by atoms with E-state index >= 15 is 0 Å². The van der Waals surface area contributed by atoms with Crippen molar-refractivity contribution in [2.45, 2.75) is 33.2 Å². The number of imidazole rings is 1. The highest BCUT2D eigenvalue weighted by atomic mass is 32.1. The Kier molecular flexibility index (Phi) is 3.99. The predicted molar refractivity (Wildman–Crippen MR) is 77.7 cm³/mol. The van der Waals surface area contributed by atoms with Crippen molar-refractivity contribution in [1.82, 2.24) is 19.9 Å². The van der Waals surface area contributed by atoms with Gasteiger partial charge in [0.25, 0.3) is 0 Å². The topological polar surface area (TPSA) is 62.7 Å². The van der Waals surface area contributed by atoms with Crippen LogP contribution < -0.4 is 5.32 Å². The standard InChI is InChI=1S/C13H18N4OS/c1-4-5-14-12(18)9(3)17-11-10(16-13(17)19)6-8(2)7-15-11/h6-7,9H,4-5H2,1-3H3,(H,14,18)(H,16,19). The highest BCUT2D eigenvalue weighted by Gasteiger charge is 2.18. The number of hydrogen-bond donors (Lipinski definition) is 2. The molecular weight excluding hydrogens is 260 g/mol.